The molecule has 2 rings (SSSR count). The summed E-state index contributed by atoms with van der Waals surface area (Å²) in [6.07, 6.45) is 3.75. The maximum atomic E-state index is 10.8. The summed E-state index contributed by atoms with van der Waals surface area (Å²) in [7, 11) is 0. The third-order valence-electron chi connectivity index (χ3n) is 4.46. The first-order chi connectivity index (χ1) is 9.60. The van der Waals surface area contributed by atoms with Gasteiger partial charge in [-0.05, 0) is 59.0 Å². The third kappa shape index (κ3) is 3.60. The van der Waals surface area contributed by atoms with Crippen molar-refractivity contribution in [1.29, 1.82) is 0 Å². The van der Waals surface area contributed by atoms with Gasteiger partial charge in [0, 0.05) is 6.04 Å². The molecule has 0 spiro atoms. The Kier molecular flexibility index (Phi) is 4.39. The van der Waals surface area contributed by atoms with E-state index >= 15 is 0 Å². The summed E-state index contributed by atoms with van der Waals surface area (Å²) < 4.78 is 0. The Balaban J connectivity index is 2.56. The van der Waals surface area contributed by atoms with Gasteiger partial charge in [-0.2, -0.15) is 0 Å². The van der Waals surface area contributed by atoms with E-state index in [2.05, 4.69) is 59.0 Å². The average molecular weight is 289 g/mol. The summed E-state index contributed by atoms with van der Waals surface area (Å²) in [5.41, 5.74) is 3.38. The normalized spacial score (nSPS) is 20.6. The minimum absolute atomic E-state index is 0.0469. The Morgan fingerprint density at radius 3 is 1.86 bits per heavy atom. The van der Waals surface area contributed by atoms with Crippen LogP contribution in [0.5, 0.6) is 5.75 Å². The number of phenols is 1. The van der Waals surface area contributed by atoms with Gasteiger partial charge < -0.3 is 10.4 Å². The molecule has 118 valence electrons. The molecule has 1 heterocycles. The summed E-state index contributed by atoms with van der Waals surface area (Å²) in [4.78, 5) is 0. The van der Waals surface area contributed by atoms with Crippen LogP contribution in [0, 0.1) is 0 Å². The Morgan fingerprint density at radius 1 is 0.952 bits per heavy atom. The fourth-order valence-corrected chi connectivity index (χ4v) is 3.14. The number of nitrogens with one attached hydrogen (secondary N) is 1. The molecule has 1 aromatic carbocycles. The van der Waals surface area contributed by atoms with Gasteiger partial charge in [0.25, 0.3) is 0 Å². The minimum Gasteiger partial charge on any atom is -0.507 e. The first-order valence-electron chi connectivity index (χ1n) is 8.22. The van der Waals surface area contributed by atoms with Crippen molar-refractivity contribution in [2.45, 2.75) is 77.7 Å². The second kappa shape index (κ2) is 5.64. The molecule has 1 aliphatic rings. The van der Waals surface area contributed by atoms with Gasteiger partial charge in [0.2, 0.25) is 0 Å². The molecule has 0 aliphatic carbocycles. The van der Waals surface area contributed by atoms with Gasteiger partial charge in [0.05, 0.1) is 0 Å². The monoisotopic (exact) mass is 289 g/mol. The average Bonchev–Trinajstić information content (AvgIpc) is 2.37. The molecular weight excluding hydrogens is 258 g/mol. The number of hydrogen-bond acceptors (Lipinski definition) is 2. The molecule has 1 fully saturated rings. The first-order valence-corrected chi connectivity index (χ1v) is 8.22. The van der Waals surface area contributed by atoms with E-state index in [-0.39, 0.29) is 10.8 Å². The Hall–Kier alpha value is -1.02. The van der Waals surface area contributed by atoms with Crippen molar-refractivity contribution in [3.63, 3.8) is 0 Å². The third-order valence-corrected chi connectivity index (χ3v) is 4.46. The lowest BCUT2D eigenvalue weighted by atomic mass is 9.77. The van der Waals surface area contributed by atoms with E-state index in [1.54, 1.807) is 0 Å². The summed E-state index contributed by atoms with van der Waals surface area (Å²) in [5, 5.41) is 14.4. The van der Waals surface area contributed by atoms with Gasteiger partial charge >= 0.3 is 0 Å². The highest BCUT2D eigenvalue weighted by molar-refractivity contribution is 5.50. The van der Waals surface area contributed by atoms with Gasteiger partial charge in [-0.25, -0.2) is 0 Å². The summed E-state index contributed by atoms with van der Waals surface area (Å²) in [5.74, 6) is 0.481. The van der Waals surface area contributed by atoms with Gasteiger partial charge in [0.15, 0.2) is 0 Å². The molecule has 1 atom stereocenters. The van der Waals surface area contributed by atoms with Gasteiger partial charge in [-0.15, -0.1) is 0 Å². The Morgan fingerprint density at radius 2 is 1.48 bits per heavy atom. The van der Waals surface area contributed by atoms with E-state index in [1.165, 1.54) is 24.8 Å². The van der Waals surface area contributed by atoms with Gasteiger partial charge in [-0.1, -0.05) is 48.0 Å². The summed E-state index contributed by atoms with van der Waals surface area (Å²) in [6.45, 7) is 14.1. The standard InChI is InChI=1S/C19H31NO/c1-18(2,3)14-11-13(16-9-7-8-10-20-16)12-15(17(14)21)19(4,5)6/h11-12,16,20-21H,7-10H2,1-6H3/t16-/m0/s1. The second-order valence-electron chi connectivity index (χ2n) is 8.47. The van der Waals surface area contributed by atoms with Crippen molar-refractivity contribution < 1.29 is 5.11 Å². The molecule has 2 nitrogen and oxygen atoms in total. The van der Waals surface area contributed by atoms with E-state index < -0.39 is 0 Å². The fourth-order valence-electron chi connectivity index (χ4n) is 3.14. The molecule has 0 amide bonds. The number of piperidine rings is 1. The van der Waals surface area contributed by atoms with Crippen LogP contribution in [0.2, 0.25) is 0 Å². The lowest BCUT2D eigenvalue weighted by Crippen LogP contribution is -2.28. The van der Waals surface area contributed by atoms with Crippen LogP contribution in [-0.2, 0) is 10.8 Å². The summed E-state index contributed by atoms with van der Waals surface area (Å²) in [6, 6.07) is 4.86. The van der Waals surface area contributed by atoms with Crippen LogP contribution < -0.4 is 5.32 Å². The second-order valence-corrected chi connectivity index (χ2v) is 8.47. The molecule has 21 heavy (non-hydrogen) atoms. The number of rotatable bonds is 1. The van der Waals surface area contributed by atoms with E-state index in [4.69, 9.17) is 0 Å². The van der Waals surface area contributed by atoms with Crippen molar-refractivity contribution in [1.82, 2.24) is 5.32 Å². The van der Waals surface area contributed by atoms with Crippen molar-refractivity contribution in [2.24, 2.45) is 0 Å². The molecule has 1 aliphatic heterocycles. The molecule has 1 aromatic rings. The maximum Gasteiger partial charge on any atom is 0.123 e. The van der Waals surface area contributed by atoms with Crippen LogP contribution in [0.1, 0.15) is 83.5 Å². The van der Waals surface area contributed by atoms with Gasteiger partial charge in [0.1, 0.15) is 5.75 Å². The molecule has 1 saturated heterocycles. The van der Waals surface area contributed by atoms with Crippen molar-refractivity contribution >= 4 is 0 Å². The van der Waals surface area contributed by atoms with Crippen molar-refractivity contribution in [2.75, 3.05) is 6.54 Å². The number of benzene rings is 1. The fraction of sp³-hybridized carbons (Fsp3) is 0.684. The maximum absolute atomic E-state index is 10.8. The predicted molar refractivity (Wildman–Crippen MR) is 90.1 cm³/mol. The van der Waals surface area contributed by atoms with Crippen LogP contribution in [0.3, 0.4) is 0 Å². The zero-order chi connectivity index (χ0) is 15.8. The lowest BCUT2D eigenvalue weighted by Gasteiger charge is -2.31. The molecule has 0 bridgehead atoms. The van der Waals surface area contributed by atoms with E-state index in [9.17, 15) is 5.11 Å². The highest BCUT2D eigenvalue weighted by Crippen LogP contribution is 2.41. The van der Waals surface area contributed by atoms with E-state index in [0.717, 1.165) is 17.7 Å². The number of hydrogen-bond donors (Lipinski definition) is 2. The SMILES string of the molecule is CC(C)(C)c1cc([C@@H]2CCCCN2)cc(C(C)(C)C)c1O. The van der Waals surface area contributed by atoms with Crippen LogP contribution in [0.15, 0.2) is 12.1 Å². The highest BCUT2D eigenvalue weighted by atomic mass is 16.3. The predicted octanol–water partition coefficient (Wildman–Crippen LogP) is 4.80. The van der Waals surface area contributed by atoms with Gasteiger partial charge in [-0.3, -0.25) is 0 Å². The zero-order valence-electron chi connectivity index (χ0n) is 14.5. The lowest BCUT2D eigenvalue weighted by molar-refractivity contribution is 0.402. The van der Waals surface area contributed by atoms with Crippen LogP contribution in [0.4, 0.5) is 0 Å². The minimum atomic E-state index is -0.0469. The quantitative estimate of drug-likeness (QED) is 0.778. The molecule has 2 N–H and O–H groups in total. The largest absolute Gasteiger partial charge is 0.507 e. The highest BCUT2D eigenvalue weighted by Gasteiger charge is 2.28. The van der Waals surface area contributed by atoms with Crippen molar-refractivity contribution in [3.05, 3.63) is 28.8 Å². The Labute approximate surface area is 130 Å². The zero-order valence-corrected chi connectivity index (χ0v) is 14.5. The number of aromatic hydroxyl groups is 1. The summed E-state index contributed by atoms with van der Waals surface area (Å²) >= 11 is 0. The molecule has 0 saturated carbocycles. The van der Waals surface area contributed by atoms with Crippen molar-refractivity contribution in [3.8, 4) is 5.75 Å². The molecule has 2 heteroatoms. The molecule has 0 radical (unpaired) electrons. The topological polar surface area (TPSA) is 32.3 Å². The van der Waals surface area contributed by atoms with E-state index in [0.29, 0.717) is 11.8 Å². The molecule has 0 unspecified atom stereocenters. The smallest absolute Gasteiger partial charge is 0.123 e. The number of phenolic OH excluding ortho intramolecular Hbond substituents is 1. The first kappa shape index (κ1) is 16.4. The molecule has 0 aromatic heterocycles. The Bertz CT molecular complexity index is 464. The van der Waals surface area contributed by atoms with Crippen LogP contribution >= 0.6 is 0 Å². The molecular formula is C19H31NO. The van der Waals surface area contributed by atoms with Crippen LogP contribution in [0.25, 0.3) is 0 Å². The van der Waals surface area contributed by atoms with Crippen LogP contribution in [-0.4, -0.2) is 11.7 Å². The van der Waals surface area contributed by atoms with E-state index in [1.807, 2.05) is 0 Å².